The fourth-order valence-corrected chi connectivity index (χ4v) is 5.58. The second-order valence-electron chi connectivity index (χ2n) is 11.5. The monoisotopic (exact) mass is 590 g/mol. The largest absolute Gasteiger partial charge is 0.416 e. The zero-order valence-corrected chi connectivity index (χ0v) is 24.3. The highest BCUT2D eigenvalue weighted by Gasteiger charge is 2.33. The van der Waals surface area contributed by atoms with Gasteiger partial charge in [-0.3, -0.25) is 4.57 Å². The molecule has 1 fully saturated rings. The Kier molecular flexibility index (Phi) is 7.70. The molecule has 222 valence electrons. The minimum absolute atomic E-state index is 0.0364. The number of imidazole rings is 1. The van der Waals surface area contributed by atoms with Crippen molar-refractivity contribution in [3.63, 3.8) is 0 Å². The quantitative estimate of drug-likeness (QED) is 0.283. The van der Waals surface area contributed by atoms with Crippen molar-refractivity contribution in [3.05, 3.63) is 88.1 Å². The topological polar surface area (TPSA) is 98.0 Å². The highest BCUT2D eigenvalue weighted by atomic mass is 19.4. The molecule has 1 saturated carbocycles. The molecule has 9 nitrogen and oxygen atoms in total. The lowest BCUT2D eigenvalue weighted by molar-refractivity contribution is -0.896. The van der Waals surface area contributed by atoms with Crippen molar-refractivity contribution in [1.29, 1.82) is 5.26 Å². The van der Waals surface area contributed by atoms with Crippen molar-refractivity contribution >= 4 is 11.7 Å². The summed E-state index contributed by atoms with van der Waals surface area (Å²) in [5.74, 6) is 0. The SMILES string of the molecule is Cc1c(-c2ccnn2-c2ccc(C#N)cc2)n(C(=O)N=C2CCC([N+](C)(C)C)CC2)c(=O)n1-c1cccc(C(F)(F)F)c1. The summed E-state index contributed by atoms with van der Waals surface area (Å²) in [6.45, 7) is 1.57. The van der Waals surface area contributed by atoms with Gasteiger partial charge in [0.25, 0.3) is 0 Å². The molecule has 1 aliphatic carbocycles. The molecule has 0 radical (unpaired) electrons. The van der Waals surface area contributed by atoms with Gasteiger partial charge in [-0.05, 0) is 68.3 Å². The van der Waals surface area contributed by atoms with Crippen molar-refractivity contribution in [2.75, 3.05) is 21.1 Å². The number of alkyl halides is 3. The summed E-state index contributed by atoms with van der Waals surface area (Å²) in [5, 5.41) is 13.6. The van der Waals surface area contributed by atoms with E-state index in [1.165, 1.54) is 23.0 Å². The Balaban J connectivity index is 1.67. The van der Waals surface area contributed by atoms with Gasteiger partial charge in [-0.1, -0.05) is 6.07 Å². The van der Waals surface area contributed by atoms with Crippen molar-refractivity contribution < 1.29 is 22.4 Å². The molecule has 1 amide bonds. The van der Waals surface area contributed by atoms with Gasteiger partial charge in [-0.15, -0.1) is 0 Å². The van der Waals surface area contributed by atoms with Crippen LogP contribution in [0.5, 0.6) is 0 Å². The number of carbonyl (C=O) groups is 1. The number of nitrogens with zero attached hydrogens (tertiary/aromatic N) is 7. The van der Waals surface area contributed by atoms with Crippen LogP contribution < -0.4 is 5.69 Å². The summed E-state index contributed by atoms with van der Waals surface area (Å²) in [4.78, 5) is 32.1. The Hall–Kier alpha value is -4.76. The molecular weight excluding hydrogens is 559 g/mol. The van der Waals surface area contributed by atoms with Crippen LogP contribution in [0.1, 0.15) is 42.5 Å². The molecule has 12 heteroatoms. The van der Waals surface area contributed by atoms with E-state index >= 15 is 0 Å². The molecule has 0 spiro atoms. The van der Waals surface area contributed by atoms with Crippen molar-refractivity contribution in [3.8, 4) is 28.8 Å². The number of benzene rings is 2. The van der Waals surface area contributed by atoms with E-state index in [0.29, 0.717) is 41.5 Å². The first kappa shape index (κ1) is 29.7. The molecule has 4 aromatic rings. The molecule has 0 unspecified atom stereocenters. The number of rotatable bonds is 4. The summed E-state index contributed by atoms with van der Waals surface area (Å²) in [6, 6.07) is 14.2. The van der Waals surface area contributed by atoms with E-state index in [-0.39, 0.29) is 17.1 Å². The van der Waals surface area contributed by atoms with Gasteiger partial charge in [0.15, 0.2) is 0 Å². The first-order chi connectivity index (χ1) is 20.3. The van der Waals surface area contributed by atoms with Gasteiger partial charge in [0.2, 0.25) is 0 Å². The summed E-state index contributed by atoms with van der Waals surface area (Å²) < 4.78 is 45.0. The van der Waals surface area contributed by atoms with E-state index in [2.05, 4.69) is 37.3 Å². The maximum Gasteiger partial charge on any atom is 0.416 e. The van der Waals surface area contributed by atoms with Gasteiger partial charge in [0.05, 0.1) is 73.3 Å². The number of nitriles is 1. The van der Waals surface area contributed by atoms with Crippen LogP contribution in [0.3, 0.4) is 0 Å². The standard InChI is InChI=1S/C31H31F3N7O2/c1-20-28(27-16-17-36-40(27)24-12-8-21(19-35)9-13-24)39(29(42)37-23-10-14-26(15-11-23)41(2,3)4)30(43)38(20)25-7-5-6-22(18-25)31(32,33)34/h5-9,12-13,16-18,26H,10-11,14-15H2,1-4H3/q+1. The number of halogens is 3. The van der Waals surface area contributed by atoms with Crippen molar-refractivity contribution in [1.82, 2.24) is 18.9 Å². The van der Waals surface area contributed by atoms with E-state index < -0.39 is 23.5 Å². The maximum atomic E-state index is 14.0. The molecular formula is C31H31F3N7O2+. The second kappa shape index (κ2) is 11.1. The summed E-state index contributed by atoms with van der Waals surface area (Å²) in [6.07, 6.45) is -0.245. The zero-order valence-electron chi connectivity index (χ0n) is 24.3. The number of quaternary nitrogens is 1. The number of hydrogen-bond donors (Lipinski definition) is 0. The average molecular weight is 591 g/mol. The minimum Gasteiger partial charge on any atom is -0.328 e. The Morgan fingerprint density at radius 2 is 1.72 bits per heavy atom. The molecule has 0 atom stereocenters. The predicted octanol–water partition coefficient (Wildman–Crippen LogP) is 5.75. The predicted molar refractivity (Wildman–Crippen MR) is 156 cm³/mol. The summed E-state index contributed by atoms with van der Waals surface area (Å²) >= 11 is 0. The van der Waals surface area contributed by atoms with Gasteiger partial charge >= 0.3 is 17.9 Å². The molecule has 0 N–H and O–H groups in total. The summed E-state index contributed by atoms with van der Waals surface area (Å²) in [7, 11) is 6.38. The highest BCUT2D eigenvalue weighted by Crippen LogP contribution is 2.32. The van der Waals surface area contributed by atoms with Crippen LogP contribution in [0.2, 0.25) is 0 Å². The Morgan fingerprint density at radius 3 is 2.33 bits per heavy atom. The normalized spacial score (nSPS) is 15.8. The van der Waals surface area contributed by atoms with Gasteiger partial charge in [-0.2, -0.15) is 23.5 Å². The third-order valence-corrected chi connectivity index (χ3v) is 7.92. The maximum absolute atomic E-state index is 14.0. The lowest BCUT2D eigenvalue weighted by atomic mass is 9.92. The van der Waals surface area contributed by atoms with Crippen LogP contribution in [0, 0.1) is 18.3 Å². The minimum atomic E-state index is -4.63. The van der Waals surface area contributed by atoms with Crippen molar-refractivity contribution in [2.24, 2.45) is 4.99 Å². The van der Waals surface area contributed by atoms with Gasteiger partial charge in [0, 0.05) is 18.6 Å². The van der Waals surface area contributed by atoms with E-state index in [1.807, 2.05) is 0 Å². The van der Waals surface area contributed by atoms with Crippen LogP contribution >= 0.6 is 0 Å². The fourth-order valence-electron chi connectivity index (χ4n) is 5.58. The number of hydrogen-bond acceptors (Lipinski definition) is 4. The van der Waals surface area contributed by atoms with E-state index in [4.69, 9.17) is 0 Å². The average Bonchev–Trinajstić information content (AvgIpc) is 3.54. The molecule has 0 aliphatic heterocycles. The number of carbonyl (C=O) groups excluding carboxylic acids is 1. The fraction of sp³-hybridized carbons (Fsp3) is 0.323. The smallest absolute Gasteiger partial charge is 0.328 e. The Labute approximate surface area is 246 Å². The molecule has 2 heterocycles. The van der Waals surface area contributed by atoms with Crippen LogP contribution in [-0.4, -0.2) is 62.3 Å². The molecule has 43 heavy (non-hydrogen) atoms. The number of amides is 1. The van der Waals surface area contributed by atoms with E-state index in [0.717, 1.165) is 38.6 Å². The Morgan fingerprint density at radius 1 is 1.05 bits per heavy atom. The van der Waals surface area contributed by atoms with E-state index in [9.17, 15) is 28.0 Å². The number of aliphatic imine (C=N–C) groups is 1. The molecule has 0 bridgehead atoms. The van der Waals surface area contributed by atoms with E-state index in [1.54, 1.807) is 37.3 Å². The van der Waals surface area contributed by atoms with Crippen LogP contribution in [0.15, 0.2) is 70.6 Å². The van der Waals surface area contributed by atoms with Gasteiger partial charge in [0.1, 0.15) is 5.69 Å². The third-order valence-electron chi connectivity index (χ3n) is 7.92. The molecule has 5 rings (SSSR count). The molecule has 2 aromatic heterocycles. The van der Waals surface area contributed by atoms with Gasteiger partial charge < -0.3 is 4.48 Å². The van der Waals surface area contributed by atoms with Crippen molar-refractivity contribution in [2.45, 2.75) is 44.8 Å². The second-order valence-corrected chi connectivity index (χ2v) is 11.5. The van der Waals surface area contributed by atoms with Crippen LogP contribution in [0.4, 0.5) is 18.0 Å². The highest BCUT2D eigenvalue weighted by molar-refractivity contribution is 5.97. The number of aromatic nitrogens is 4. The molecule has 1 aliphatic rings. The Bertz CT molecular complexity index is 1800. The lowest BCUT2D eigenvalue weighted by Crippen LogP contribution is -2.47. The first-order valence-corrected chi connectivity index (χ1v) is 13.8. The van der Waals surface area contributed by atoms with Gasteiger partial charge in [-0.25, -0.2) is 23.8 Å². The zero-order chi connectivity index (χ0) is 31.1. The first-order valence-electron chi connectivity index (χ1n) is 13.8. The lowest BCUT2D eigenvalue weighted by Gasteiger charge is -2.36. The van der Waals surface area contributed by atoms with Crippen LogP contribution in [-0.2, 0) is 6.18 Å². The molecule has 0 saturated heterocycles. The summed E-state index contributed by atoms with van der Waals surface area (Å²) in [5.41, 5.74) is 0.618. The third kappa shape index (κ3) is 5.81. The van der Waals surface area contributed by atoms with Crippen LogP contribution in [0.25, 0.3) is 22.8 Å². The molecule has 2 aromatic carbocycles.